The molecule has 0 radical (unpaired) electrons. The number of hydrogen-bond acceptors (Lipinski definition) is 4. The van der Waals surface area contributed by atoms with Crippen LogP contribution >= 0.6 is 12.4 Å². The van der Waals surface area contributed by atoms with Gasteiger partial charge in [0.2, 0.25) is 5.91 Å². The zero-order valence-electron chi connectivity index (χ0n) is 16.8. The highest BCUT2D eigenvalue weighted by Gasteiger charge is 2.35. The third-order valence-corrected chi connectivity index (χ3v) is 5.74. The Balaban J connectivity index is 0.00000256. The lowest BCUT2D eigenvalue weighted by molar-refractivity contribution is -0.132. The minimum absolute atomic E-state index is 0. The van der Waals surface area contributed by atoms with Crippen LogP contribution in [0.2, 0.25) is 0 Å². The second-order valence-corrected chi connectivity index (χ2v) is 7.89. The summed E-state index contributed by atoms with van der Waals surface area (Å²) in [6.07, 6.45) is 1.92. The minimum atomic E-state index is -0.0469. The number of rotatable bonds is 7. The van der Waals surface area contributed by atoms with Gasteiger partial charge in [-0.3, -0.25) is 9.59 Å². The Kier molecular flexibility index (Phi) is 7.34. The van der Waals surface area contributed by atoms with Crippen molar-refractivity contribution < 1.29 is 14.3 Å². The van der Waals surface area contributed by atoms with E-state index in [0.717, 1.165) is 12.8 Å². The molecule has 0 aromatic heterocycles. The highest BCUT2D eigenvalue weighted by Crippen LogP contribution is 2.32. The molecule has 2 aromatic rings. The molecule has 0 spiro atoms. The molecule has 2 aromatic carbocycles. The van der Waals surface area contributed by atoms with Crippen LogP contribution in [0.15, 0.2) is 54.6 Å². The monoisotopic (exact) mass is 429 g/mol. The molecule has 30 heavy (non-hydrogen) atoms. The Morgan fingerprint density at radius 2 is 1.83 bits per heavy atom. The number of ether oxygens (including phenoxy) is 1. The minimum Gasteiger partial charge on any atom is -0.484 e. The molecule has 2 atom stereocenters. The molecule has 0 unspecified atom stereocenters. The van der Waals surface area contributed by atoms with Crippen LogP contribution in [0.1, 0.15) is 24.3 Å². The summed E-state index contributed by atoms with van der Waals surface area (Å²) in [5, 5.41) is 2.90. The van der Waals surface area contributed by atoms with Crippen molar-refractivity contribution in [3.63, 3.8) is 0 Å². The Morgan fingerprint density at radius 3 is 2.53 bits per heavy atom. The van der Waals surface area contributed by atoms with E-state index in [0.29, 0.717) is 31.1 Å². The average molecular weight is 430 g/mol. The van der Waals surface area contributed by atoms with Gasteiger partial charge < -0.3 is 20.7 Å². The maximum Gasteiger partial charge on any atom is 0.260 e. The average Bonchev–Trinajstić information content (AvgIpc) is 3.52. The number of likely N-dealkylation sites (tertiary alicyclic amines) is 1. The first-order valence-electron chi connectivity index (χ1n) is 10.2. The third kappa shape index (κ3) is 5.32. The van der Waals surface area contributed by atoms with E-state index in [1.165, 1.54) is 5.56 Å². The van der Waals surface area contributed by atoms with E-state index in [1.807, 2.05) is 35.2 Å². The zero-order chi connectivity index (χ0) is 20.2. The summed E-state index contributed by atoms with van der Waals surface area (Å²) >= 11 is 0. The van der Waals surface area contributed by atoms with Gasteiger partial charge >= 0.3 is 0 Å². The molecule has 1 aliphatic heterocycles. The molecule has 160 valence electrons. The molecule has 2 aliphatic rings. The number of carbonyl (C=O) groups is 2. The van der Waals surface area contributed by atoms with Gasteiger partial charge in [-0.2, -0.15) is 0 Å². The zero-order valence-corrected chi connectivity index (χ0v) is 17.6. The molecule has 6 nitrogen and oxygen atoms in total. The molecular weight excluding hydrogens is 402 g/mol. The van der Waals surface area contributed by atoms with Crippen LogP contribution in [0.5, 0.6) is 5.75 Å². The van der Waals surface area contributed by atoms with Gasteiger partial charge in [-0.15, -0.1) is 12.4 Å². The normalized spacial score (nSPS) is 20.4. The number of anilines is 1. The Labute approximate surface area is 183 Å². The number of amides is 2. The second-order valence-electron chi connectivity index (χ2n) is 7.89. The first kappa shape index (κ1) is 22.1. The quantitative estimate of drug-likeness (QED) is 0.708. The van der Waals surface area contributed by atoms with Crippen LogP contribution in [0.4, 0.5) is 5.69 Å². The number of nitrogens with one attached hydrogen (secondary N) is 1. The molecule has 3 N–H and O–H groups in total. The van der Waals surface area contributed by atoms with Gasteiger partial charge in [-0.05, 0) is 43.0 Å². The summed E-state index contributed by atoms with van der Waals surface area (Å²) in [5.41, 5.74) is 7.88. The SMILES string of the molecule is Cl.NC[C@@H]1CN(C(=O)COc2cccc(NC(=O)C3CC3)c2)C[C@H]1c1ccccc1. The molecule has 2 fully saturated rings. The smallest absolute Gasteiger partial charge is 0.260 e. The Morgan fingerprint density at radius 1 is 1.07 bits per heavy atom. The molecule has 1 saturated carbocycles. The fourth-order valence-electron chi connectivity index (χ4n) is 3.88. The summed E-state index contributed by atoms with van der Waals surface area (Å²) in [6.45, 7) is 1.83. The van der Waals surface area contributed by atoms with E-state index in [1.54, 1.807) is 12.1 Å². The summed E-state index contributed by atoms with van der Waals surface area (Å²) in [6, 6.07) is 17.4. The number of benzene rings is 2. The van der Waals surface area contributed by atoms with E-state index in [2.05, 4.69) is 17.4 Å². The Bertz CT molecular complexity index is 873. The first-order chi connectivity index (χ1) is 14.1. The molecule has 4 rings (SSSR count). The van der Waals surface area contributed by atoms with Crippen molar-refractivity contribution in [2.24, 2.45) is 17.6 Å². The summed E-state index contributed by atoms with van der Waals surface area (Å²) in [4.78, 5) is 26.5. The van der Waals surface area contributed by atoms with Crippen molar-refractivity contribution in [1.82, 2.24) is 4.90 Å². The fraction of sp³-hybridized carbons (Fsp3) is 0.391. The van der Waals surface area contributed by atoms with Crippen molar-refractivity contribution in [3.8, 4) is 5.75 Å². The van der Waals surface area contributed by atoms with Crippen molar-refractivity contribution >= 4 is 29.9 Å². The fourth-order valence-corrected chi connectivity index (χ4v) is 3.88. The van der Waals surface area contributed by atoms with Gasteiger partial charge in [-0.25, -0.2) is 0 Å². The lowest BCUT2D eigenvalue weighted by atomic mass is 9.89. The van der Waals surface area contributed by atoms with Crippen LogP contribution in [-0.2, 0) is 9.59 Å². The predicted molar refractivity (Wildman–Crippen MR) is 119 cm³/mol. The Hall–Kier alpha value is -2.57. The maximum absolute atomic E-state index is 12.7. The van der Waals surface area contributed by atoms with Gasteiger partial charge in [0.1, 0.15) is 5.75 Å². The molecule has 0 bridgehead atoms. The van der Waals surface area contributed by atoms with Gasteiger partial charge in [0.25, 0.3) is 5.91 Å². The summed E-state index contributed by atoms with van der Waals surface area (Å²) < 4.78 is 5.71. The molecule has 1 saturated heterocycles. The van der Waals surface area contributed by atoms with Crippen LogP contribution in [-0.4, -0.2) is 43.0 Å². The van der Waals surface area contributed by atoms with Gasteiger partial charge in [-0.1, -0.05) is 36.4 Å². The molecule has 7 heteroatoms. The summed E-state index contributed by atoms with van der Waals surface area (Å²) in [5.74, 6) is 1.23. The highest BCUT2D eigenvalue weighted by atomic mass is 35.5. The van der Waals surface area contributed by atoms with Gasteiger partial charge in [0.05, 0.1) is 0 Å². The van der Waals surface area contributed by atoms with Crippen molar-refractivity contribution in [2.75, 3.05) is 31.6 Å². The first-order valence-corrected chi connectivity index (χ1v) is 10.2. The maximum atomic E-state index is 12.7. The molecule has 1 heterocycles. The largest absolute Gasteiger partial charge is 0.484 e. The lowest BCUT2D eigenvalue weighted by Gasteiger charge is -2.17. The molecule has 2 amide bonds. The summed E-state index contributed by atoms with van der Waals surface area (Å²) in [7, 11) is 0. The molecular formula is C23H28ClN3O3. The van der Waals surface area contributed by atoms with E-state index in [-0.39, 0.29) is 48.6 Å². The number of carbonyl (C=O) groups excluding carboxylic acids is 2. The van der Waals surface area contributed by atoms with Crippen molar-refractivity contribution in [3.05, 3.63) is 60.2 Å². The van der Waals surface area contributed by atoms with E-state index >= 15 is 0 Å². The van der Waals surface area contributed by atoms with Crippen LogP contribution in [0.25, 0.3) is 0 Å². The number of nitrogens with two attached hydrogens (primary N) is 1. The lowest BCUT2D eigenvalue weighted by Crippen LogP contribution is -2.33. The third-order valence-electron chi connectivity index (χ3n) is 5.74. The number of nitrogens with zero attached hydrogens (tertiary/aromatic N) is 1. The second kappa shape index (κ2) is 9.96. The number of halogens is 1. The van der Waals surface area contributed by atoms with Crippen molar-refractivity contribution in [1.29, 1.82) is 0 Å². The highest BCUT2D eigenvalue weighted by molar-refractivity contribution is 5.94. The van der Waals surface area contributed by atoms with E-state index < -0.39 is 0 Å². The van der Waals surface area contributed by atoms with E-state index in [9.17, 15) is 9.59 Å². The van der Waals surface area contributed by atoms with Crippen LogP contribution in [0, 0.1) is 11.8 Å². The molecule has 1 aliphatic carbocycles. The number of hydrogen-bond donors (Lipinski definition) is 2. The van der Waals surface area contributed by atoms with Gasteiger partial charge in [0, 0.05) is 36.7 Å². The van der Waals surface area contributed by atoms with Crippen LogP contribution < -0.4 is 15.8 Å². The predicted octanol–water partition coefficient (Wildman–Crippen LogP) is 3.04. The van der Waals surface area contributed by atoms with E-state index in [4.69, 9.17) is 10.5 Å². The van der Waals surface area contributed by atoms with Crippen LogP contribution in [0.3, 0.4) is 0 Å². The standard InChI is InChI=1S/C23H27N3O3.ClH/c24-12-18-13-26(14-21(18)16-5-2-1-3-6-16)22(27)15-29-20-8-4-7-19(11-20)25-23(28)17-9-10-17;/h1-8,11,17-18,21H,9-10,12-15,24H2,(H,25,28);1H/t18-,21+;/m1./s1. The van der Waals surface area contributed by atoms with Crippen molar-refractivity contribution in [2.45, 2.75) is 18.8 Å². The topological polar surface area (TPSA) is 84.7 Å². The van der Waals surface area contributed by atoms with Gasteiger partial charge in [0.15, 0.2) is 6.61 Å².